The highest BCUT2D eigenvalue weighted by atomic mass is 19.4. The smallest absolute Gasteiger partial charge is 0.416 e. The largest absolute Gasteiger partial charge is 0.546 e. The maximum absolute atomic E-state index is 14.0. The second-order valence-electron chi connectivity index (χ2n) is 11.3. The van der Waals surface area contributed by atoms with Crippen molar-refractivity contribution in [1.82, 2.24) is 15.0 Å². The molecule has 17 heteroatoms. The molecule has 272 valence electrons. The zero-order valence-corrected chi connectivity index (χ0v) is 27.0. The van der Waals surface area contributed by atoms with Gasteiger partial charge in [-0.2, -0.15) is 39.5 Å². The molecule has 4 rings (SSSR count). The quantitative estimate of drug-likeness (QED) is 0.160. The van der Waals surface area contributed by atoms with Gasteiger partial charge in [0.15, 0.2) is 5.75 Å². The average Bonchev–Trinajstić information content (AvgIpc) is 3.02. The molecular weight excluding hydrogens is 699 g/mol. The van der Waals surface area contributed by atoms with E-state index in [-0.39, 0.29) is 40.8 Å². The minimum atomic E-state index is -5.19. The maximum Gasteiger partial charge on any atom is 0.416 e. The Morgan fingerprint density at radius 1 is 0.843 bits per heavy atom. The third-order valence-corrected chi connectivity index (χ3v) is 7.50. The van der Waals surface area contributed by atoms with Crippen LogP contribution in [0.3, 0.4) is 0 Å². The van der Waals surface area contributed by atoms with Gasteiger partial charge in [0.05, 0.1) is 46.9 Å². The minimum Gasteiger partial charge on any atom is -0.546 e. The van der Waals surface area contributed by atoms with Crippen molar-refractivity contribution in [3.05, 3.63) is 100 Å². The van der Waals surface area contributed by atoms with Crippen molar-refractivity contribution in [3.63, 3.8) is 0 Å². The Morgan fingerprint density at radius 2 is 1.41 bits per heavy atom. The summed E-state index contributed by atoms with van der Waals surface area (Å²) in [7, 11) is 1.30. The van der Waals surface area contributed by atoms with Gasteiger partial charge in [-0.3, -0.25) is 0 Å². The molecule has 0 saturated heterocycles. The van der Waals surface area contributed by atoms with E-state index in [1.807, 2.05) is 0 Å². The van der Waals surface area contributed by atoms with Crippen LogP contribution in [0.25, 0.3) is 16.8 Å². The van der Waals surface area contributed by atoms with Gasteiger partial charge < -0.3 is 25.1 Å². The number of allylic oxidation sites excluding steroid dienone is 1. The number of hydrogen-bond acceptors (Lipinski definition) is 8. The number of rotatable bonds is 11. The molecule has 2 N–H and O–H groups in total. The van der Waals surface area contributed by atoms with Crippen LogP contribution in [0.5, 0.6) is 11.5 Å². The number of carboxylic acid groups (broad SMARTS) is 1. The summed E-state index contributed by atoms with van der Waals surface area (Å²) in [5.41, 5.74) is 1.11. The minimum absolute atomic E-state index is 0.0791. The van der Waals surface area contributed by atoms with Gasteiger partial charge >= 0.3 is 18.5 Å². The van der Waals surface area contributed by atoms with Gasteiger partial charge in [0, 0.05) is 18.4 Å². The molecule has 0 aliphatic rings. The van der Waals surface area contributed by atoms with Gasteiger partial charge in [-0.15, -0.1) is 0 Å². The predicted octanol–water partition coefficient (Wildman–Crippen LogP) is 7.31. The summed E-state index contributed by atoms with van der Waals surface area (Å²) in [6.07, 6.45) is -18.7. The van der Waals surface area contributed by atoms with Crippen LogP contribution in [-0.2, 0) is 36.2 Å². The zero-order valence-electron chi connectivity index (χ0n) is 27.0. The second kappa shape index (κ2) is 14.5. The zero-order chi connectivity index (χ0) is 38.1. The maximum atomic E-state index is 14.0. The lowest BCUT2D eigenvalue weighted by molar-refractivity contribution is -0.313. The molecule has 2 heterocycles. The molecule has 51 heavy (non-hydrogen) atoms. The van der Waals surface area contributed by atoms with Crippen molar-refractivity contribution in [1.29, 1.82) is 0 Å². The molecule has 2 aromatic carbocycles. The SMILES string of the molecule is C=C(C)c1ccc(OC)c(-c2ccc(C(F)(F)F)cc2Cc2nc(N)nc(Cc3cc(C(F)(F)F)cc(C(F)(F)F)c3)c2OC(CC)C(=O)[O-])n1. The predicted molar refractivity (Wildman–Crippen MR) is 164 cm³/mol. The summed E-state index contributed by atoms with van der Waals surface area (Å²) < 4.78 is 135. The van der Waals surface area contributed by atoms with Crippen LogP contribution in [0.15, 0.2) is 55.1 Å². The number of anilines is 1. The van der Waals surface area contributed by atoms with Gasteiger partial charge in [-0.25, -0.2) is 15.0 Å². The molecule has 0 aliphatic carbocycles. The number of aromatic nitrogens is 3. The molecule has 8 nitrogen and oxygen atoms in total. The van der Waals surface area contributed by atoms with Crippen LogP contribution in [0.2, 0.25) is 0 Å². The number of hydrogen-bond donors (Lipinski definition) is 1. The highest BCUT2D eigenvalue weighted by molar-refractivity contribution is 5.74. The summed E-state index contributed by atoms with van der Waals surface area (Å²) in [5.74, 6) is -2.75. The lowest BCUT2D eigenvalue weighted by Crippen LogP contribution is -2.39. The summed E-state index contributed by atoms with van der Waals surface area (Å²) in [4.78, 5) is 24.4. The van der Waals surface area contributed by atoms with E-state index in [1.165, 1.54) is 20.1 Å². The number of carbonyl (C=O) groups excluding carboxylic acids is 1. The molecule has 0 fully saturated rings. The third-order valence-electron chi connectivity index (χ3n) is 7.50. The highest BCUT2D eigenvalue weighted by Crippen LogP contribution is 2.40. The van der Waals surface area contributed by atoms with Crippen molar-refractivity contribution >= 4 is 17.5 Å². The Bertz CT molecular complexity index is 1930. The van der Waals surface area contributed by atoms with E-state index >= 15 is 0 Å². The number of methoxy groups -OCH3 is 1. The number of nitrogens with zero attached hydrogens (tertiary/aromatic N) is 3. The van der Waals surface area contributed by atoms with Crippen molar-refractivity contribution in [2.75, 3.05) is 12.8 Å². The van der Waals surface area contributed by atoms with E-state index in [0.717, 1.165) is 18.2 Å². The standard InChI is InChI=1S/C34H29F9N4O4/c1-5-26(30(48)49)51-29-24(12-17-10-20(33(38,39)40)15-21(11-17)34(41,42)43)46-31(44)47-25(29)14-18-13-19(32(35,36)37)6-7-22(18)28-27(50-4)9-8-23(45-28)16(2)3/h6-11,13,15,26H,2,5,12,14H2,1,3-4H3,(H,48,49)(H2,44,46,47)/p-1. The molecule has 1 unspecified atom stereocenters. The lowest BCUT2D eigenvalue weighted by atomic mass is 9.95. The molecule has 4 aromatic rings. The fourth-order valence-corrected chi connectivity index (χ4v) is 5.07. The summed E-state index contributed by atoms with van der Waals surface area (Å²) in [5, 5.41) is 11.9. The second-order valence-corrected chi connectivity index (χ2v) is 11.3. The molecule has 0 bridgehead atoms. The van der Waals surface area contributed by atoms with Gasteiger partial charge in [0.1, 0.15) is 17.5 Å². The number of halogens is 9. The Hall–Kier alpha value is -5.35. The van der Waals surface area contributed by atoms with Gasteiger partial charge in [0.2, 0.25) is 5.95 Å². The van der Waals surface area contributed by atoms with Crippen LogP contribution < -0.4 is 20.3 Å². The fraction of sp³-hybridized carbons (Fsp3) is 0.294. The molecule has 0 radical (unpaired) electrons. The van der Waals surface area contributed by atoms with E-state index in [1.54, 1.807) is 13.0 Å². The first-order valence-corrected chi connectivity index (χ1v) is 14.8. The van der Waals surface area contributed by atoms with Crippen LogP contribution in [0.1, 0.15) is 65.2 Å². The number of benzene rings is 2. The number of nitrogens with two attached hydrogens (primary N) is 1. The van der Waals surface area contributed by atoms with Crippen LogP contribution in [0, 0.1) is 0 Å². The molecule has 1 atom stereocenters. The first-order valence-electron chi connectivity index (χ1n) is 14.8. The van der Waals surface area contributed by atoms with Gasteiger partial charge in [-0.1, -0.05) is 19.6 Å². The molecule has 0 spiro atoms. The normalized spacial score (nSPS) is 12.8. The Morgan fingerprint density at radius 3 is 1.90 bits per heavy atom. The van der Waals surface area contributed by atoms with E-state index in [4.69, 9.17) is 15.2 Å². The van der Waals surface area contributed by atoms with Crippen LogP contribution >= 0.6 is 0 Å². The number of nitrogen functional groups attached to an aromatic ring is 1. The molecule has 0 aliphatic heterocycles. The van der Waals surface area contributed by atoms with Crippen LogP contribution in [0.4, 0.5) is 45.5 Å². The Kier molecular flexibility index (Phi) is 10.9. The lowest BCUT2D eigenvalue weighted by Gasteiger charge is -2.23. The van der Waals surface area contributed by atoms with Crippen LogP contribution in [-0.4, -0.2) is 34.1 Å². The summed E-state index contributed by atoms with van der Waals surface area (Å²) in [6, 6.07) is 6.55. The van der Waals surface area contributed by atoms with E-state index in [9.17, 15) is 49.4 Å². The molecular formula is C34H28F9N4O4-. The molecule has 0 amide bonds. The van der Waals surface area contributed by atoms with E-state index in [0.29, 0.717) is 23.4 Å². The average molecular weight is 728 g/mol. The van der Waals surface area contributed by atoms with Crippen molar-refractivity contribution in [2.24, 2.45) is 0 Å². The Balaban J connectivity index is 2.00. The summed E-state index contributed by atoms with van der Waals surface area (Å²) in [6.45, 7) is 6.84. The fourth-order valence-electron chi connectivity index (χ4n) is 5.07. The van der Waals surface area contributed by atoms with Gasteiger partial charge in [-0.05, 0) is 72.5 Å². The Labute approximate surface area is 284 Å². The van der Waals surface area contributed by atoms with E-state index in [2.05, 4.69) is 21.5 Å². The van der Waals surface area contributed by atoms with Crippen molar-refractivity contribution < 1.29 is 58.9 Å². The molecule has 0 saturated carbocycles. The monoisotopic (exact) mass is 727 g/mol. The molecule has 2 aromatic heterocycles. The summed E-state index contributed by atoms with van der Waals surface area (Å²) >= 11 is 0. The number of ether oxygens (including phenoxy) is 2. The number of carbonyl (C=O) groups is 1. The first kappa shape index (κ1) is 38.5. The third kappa shape index (κ3) is 9.07. The van der Waals surface area contributed by atoms with Crippen molar-refractivity contribution in [2.45, 2.75) is 57.7 Å². The van der Waals surface area contributed by atoms with Crippen molar-refractivity contribution in [3.8, 4) is 22.8 Å². The number of alkyl halides is 9. The topological polar surface area (TPSA) is 123 Å². The number of carboxylic acids is 1. The first-order chi connectivity index (χ1) is 23.6. The van der Waals surface area contributed by atoms with E-state index < -0.39 is 83.1 Å². The number of aliphatic carboxylic acids is 1. The number of pyridine rings is 1. The van der Waals surface area contributed by atoms with Gasteiger partial charge in [0.25, 0.3) is 0 Å². The highest BCUT2D eigenvalue weighted by Gasteiger charge is 2.37.